The molecule has 0 aromatic heterocycles. The molecule has 1 fully saturated rings. The zero-order valence-electron chi connectivity index (χ0n) is 11.4. The van der Waals surface area contributed by atoms with Gasteiger partial charge in [-0.1, -0.05) is 6.07 Å². The third-order valence-corrected chi connectivity index (χ3v) is 4.04. The molecule has 3 unspecified atom stereocenters. The standard InChI is InChI=1S/C13H19BrN4O2/c1-3-20-10-5-4-8(6-9(10)14)12-11(13(19)16-15)7(2)17-18-12/h4-7,11-12,17-18H,3,15H2,1-2H3,(H,16,19). The summed E-state index contributed by atoms with van der Waals surface area (Å²) in [5, 5.41) is 0. The molecule has 2 rings (SSSR count). The van der Waals surface area contributed by atoms with E-state index >= 15 is 0 Å². The summed E-state index contributed by atoms with van der Waals surface area (Å²) in [6.45, 7) is 4.49. The van der Waals surface area contributed by atoms with Crippen LogP contribution < -0.4 is 26.9 Å². The molecule has 1 aliphatic rings. The first kappa shape index (κ1) is 15.2. The lowest BCUT2D eigenvalue weighted by atomic mass is 9.89. The molecule has 6 nitrogen and oxygen atoms in total. The molecule has 0 bridgehead atoms. The van der Waals surface area contributed by atoms with Crippen molar-refractivity contribution in [3.63, 3.8) is 0 Å². The van der Waals surface area contributed by atoms with Crippen LogP contribution in [0.25, 0.3) is 0 Å². The van der Waals surface area contributed by atoms with Crippen molar-refractivity contribution in [3.8, 4) is 5.75 Å². The van der Waals surface area contributed by atoms with Gasteiger partial charge in [0, 0.05) is 6.04 Å². The van der Waals surface area contributed by atoms with E-state index in [0.717, 1.165) is 15.8 Å². The number of hydrogen-bond donors (Lipinski definition) is 4. The quantitative estimate of drug-likeness (QED) is 0.372. The summed E-state index contributed by atoms with van der Waals surface area (Å²) >= 11 is 3.49. The minimum absolute atomic E-state index is 0.00565. The van der Waals surface area contributed by atoms with Gasteiger partial charge in [-0.2, -0.15) is 0 Å². The second kappa shape index (κ2) is 6.53. The van der Waals surface area contributed by atoms with E-state index < -0.39 is 0 Å². The first-order chi connectivity index (χ1) is 9.58. The Kier molecular flexibility index (Phi) is 4.98. The summed E-state index contributed by atoms with van der Waals surface area (Å²) in [5.41, 5.74) is 9.44. The summed E-state index contributed by atoms with van der Waals surface area (Å²) in [7, 11) is 0. The minimum Gasteiger partial charge on any atom is -0.493 e. The van der Waals surface area contributed by atoms with Crippen LogP contribution in [0.1, 0.15) is 25.5 Å². The maximum absolute atomic E-state index is 11.9. The van der Waals surface area contributed by atoms with E-state index in [-0.39, 0.29) is 23.9 Å². The van der Waals surface area contributed by atoms with Gasteiger partial charge in [-0.25, -0.2) is 11.3 Å². The van der Waals surface area contributed by atoms with Crippen molar-refractivity contribution in [2.24, 2.45) is 11.8 Å². The lowest BCUT2D eigenvalue weighted by Gasteiger charge is -2.20. The number of benzene rings is 1. The highest BCUT2D eigenvalue weighted by Crippen LogP contribution is 2.33. The fourth-order valence-corrected chi connectivity index (χ4v) is 2.95. The van der Waals surface area contributed by atoms with Crippen LogP contribution in [0, 0.1) is 5.92 Å². The van der Waals surface area contributed by atoms with E-state index in [1.165, 1.54) is 0 Å². The number of hydrazine groups is 2. The molecular formula is C13H19BrN4O2. The third-order valence-electron chi connectivity index (χ3n) is 3.42. The van der Waals surface area contributed by atoms with Crippen LogP contribution >= 0.6 is 15.9 Å². The number of hydrogen-bond acceptors (Lipinski definition) is 5. The number of halogens is 1. The number of amides is 1. The Morgan fingerprint density at radius 3 is 2.85 bits per heavy atom. The molecule has 0 spiro atoms. The lowest BCUT2D eigenvalue weighted by molar-refractivity contribution is -0.125. The van der Waals surface area contributed by atoms with Crippen LogP contribution in [0.2, 0.25) is 0 Å². The number of rotatable bonds is 4. The Balaban J connectivity index is 2.26. The highest BCUT2D eigenvalue weighted by atomic mass is 79.9. The summed E-state index contributed by atoms with van der Waals surface area (Å²) in [6, 6.07) is 5.66. The average Bonchev–Trinajstić information content (AvgIpc) is 2.82. The van der Waals surface area contributed by atoms with Gasteiger partial charge in [0.25, 0.3) is 0 Å². The van der Waals surface area contributed by atoms with Crippen LogP contribution in [-0.4, -0.2) is 18.6 Å². The zero-order chi connectivity index (χ0) is 14.7. The molecule has 1 amide bonds. The predicted octanol–water partition coefficient (Wildman–Crippen LogP) is 0.991. The fraction of sp³-hybridized carbons (Fsp3) is 0.462. The molecule has 7 heteroatoms. The van der Waals surface area contributed by atoms with Gasteiger partial charge in [-0.3, -0.25) is 15.6 Å². The highest BCUT2D eigenvalue weighted by Gasteiger charge is 2.39. The Labute approximate surface area is 126 Å². The number of nitrogens with one attached hydrogen (secondary N) is 3. The van der Waals surface area contributed by atoms with Crippen molar-refractivity contribution in [1.82, 2.24) is 16.3 Å². The number of carbonyl (C=O) groups excluding carboxylic acids is 1. The van der Waals surface area contributed by atoms with Gasteiger partial charge in [-0.05, 0) is 47.5 Å². The molecule has 110 valence electrons. The SMILES string of the molecule is CCOc1ccc(C2NNC(C)C2C(=O)NN)cc1Br. The van der Waals surface area contributed by atoms with Crippen molar-refractivity contribution in [2.45, 2.75) is 25.9 Å². The van der Waals surface area contributed by atoms with Crippen molar-refractivity contribution in [1.29, 1.82) is 0 Å². The topological polar surface area (TPSA) is 88.4 Å². The van der Waals surface area contributed by atoms with E-state index in [4.69, 9.17) is 10.6 Å². The Morgan fingerprint density at radius 1 is 1.50 bits per heavy atom. The van der Waals surface area contributed by atoms with E-state index in [1.54, 1.807) is 0 Å². The van der Waals surface area contributed by atoms with Gasteiger partial charge in [-0.15, -0.1) is 0 Å². The van der Waals surface area contributed by atoms with Gasteiger partial charge in [0.2, 0.25) is 5.91 Å². The maximum atomic E-state index is 11.9. The average molecular weight is 343 g/mol. The summed E-state index contributed by atoms with van der Waals surface area (Å²) in [6.07, 6.45) is 0. The van der Waals surface area contributed by atoms with E-state index in [1.807, 2.05) is 32.0 Å². The van der Waals surface area contributed by atoms with Crippen LogP contribution in [0.15, 0.2) is 22.7 Å². The molecule has 5 N–H and O–H groups in total. The van der Waals surface area contributed by atoms with E-state index in [2.05, 4.69) is 32.2 Å². The second-order valence-electron chi connectivity index (χ2n) is 4.71. The molecular weight excluding hydrogens is 324 g/mol. The highest BCUT2D eigenvalue weighted by molar-refractivity contribution is 9.10. The molecule has 20 heavy (non-hydrogen) atoms. The van der Waals surface area contributed by atoms with Crippen LogP contribution in [0.5, 0.6) is 5.75 Å². The van der Waals surface area contributed by atoms with E-state index in [9.17, 15) is 4.79 Å². The van der Waals surface area contributed by atoms with Crippen LogP contribution in [-0.2, 0) is 4.79 Å². The van der Waals surface area contributed by atoms with Crippen molar-refractivity contribution in [3.05, 3.63) is 28.2 Å². The molecule has 1 aromatic rings. The Bertz CT molecular complexity index is 497. The van der Waals surface area contributed by atoms with Gasteiger partial charge in [0.15, 0.2) is 0 Å². The molecule has 1 saturated heterocycles. The number of ether oxygens (including phenoxy) is 1. The first-order valence-corrected chi connectivity index (χ1v) is 7.31. The zero-order valence-corrected chi connectivity index (χ0v) is 13.0. The fourth-order valence-electron chi connectivity index (χ4n) is 2.44. The normalized spacial score (nSPS) is 25.5. The predicted molar refractivity (Wildman–Crippen MR) is 79.6 cm³/mol. The van der Waals surface area contributed by atoms with Gasteiger partial charge in [0.05, 0.1) is 23.0 Å². The van der Waals surface area contributed by atoms with Gasteiger partial charge in [0.1, 0.15) is 5.75 Å². The molecule has 1 aliphatic heterocycles. The molecule has 0 saturated carbocycles. The second-order valence-corrected chi connectivity index (χ2v) is 5.57. The lowest BCUT2D eigenvalue weighted by Crippen LogP contribution is -2.41. The monoisotopic (exact) mass is 342 g/mol. The largest absolute Gasteiger partial charge is 0.493 e. The van der Waals surface area contributed by atoms with Crippen molar-refractivity contribution < 1.29 is 9.53 Å². The smallest absolute Gasteiger partial charge is 0.240 e. The van der Waals surface area contributed by atoms with Gasteiger partial charge < -0.3 is 4.74 Å². The van der Waals surface area contributed by atoms with E-state index in [0.29, 0.717) is 6.61 Å². The Morgan fingerprint density at radius 2 is 2.25 bits per heavy atom. The van der Waals surface area contributed by atoms with Gasteiger partial charge >= 0.3 is 0 Å². The molecule has 0 aliphatic carbocycles. The summed E-state index contributed by atoms with van der Waals surface area (Å²) in [4.78, 5) is 11.9. The molecule has 3 atom stereocenters. The summed E-state index contributed by atoms with van der Waals surface area (Å²) < 4.78 is 6.35. The minimum atomic E-state index is -0.273. The van der Waals surface area contributed by atoms with Crippen LogP contribution in [0.3, 0.4) is 0 Å². The Hall–Kier alpha value is -1.15. The third kappa shape index (κ3) is 2.95. The van der Waals surface area contributed by atoms with Crippen molar-refractivity contribution >= 4 is 21.8 Å². The molecule has 1 aromatic carbocycles. The van der Waals surface area contributed by atoms with Crippen molar-refractivity contribution in [2.75, 3.05) is 6.61 Å². The summed E-state index contributed by atoms with van der Waals surface area (Å²) in [5.74, 6) is 5.59. The molecule has 0 radical (unpaired) electrons. The number of carbonyl (C=O) groups is 1. The van der Waals surface area contributed by atoms with Crippen LogP contribution in [0.4, 0.5) is 0 Å². The maximum Gasteiger partial charge on any atom is 0.240 e. The first-order valence-electron chi connectivity index (χ1n) is 6.52. The molecule has 1 heterocycles. The number of nitrogens with two attached hydrogens (primary N) is 1.